The molecule has 0 spiro atoms. The number of amides is 1. The number of amidine groups is 1. The second-order valence-electron chi connectivity index (χ2n) is 4.98. The molecule has 1 rings (SSSR count). The lowest BCUT2D eigenvalue weighted by atomic mass is 10.0. The Hall–Kier alpha value is -1.26. The lowest BCUT2D eigenvalue weighted by Crippen LogP contribution is -2.42. The number of carbonyl (C=O) groups is 1. The van der Waals surface area contributed by atoms with Crippen LogP contribution in [-0.2, 0) is 4.79 Å². The Bertz CT molecular complexity index is 296. The van der Waals surface area contributed by atoms with Gasteiger partial charge in [0.1, 0.15) is 5.41 Å². The van der Waals surface area contributed by atoms with Crippen molar-refractivity contribution >= 4 is 11.7 Å². The zero-order valence-electron chi connectivity index (χ0n) is 10.2. The van der Waals surface area contributed by atoms with Gasteiger partial charge in [-0.2, -0.15) is 0 Å². The number of rotatable bonds is 5. The zero-order chi connectivity index (χ0) is 12.3. The van der Waals surface area contributed by atoms with E-state index in [9.17, 15) is 4.79 Å². The van der Waals surface area contributed by atoms with E-state index in [0.717, 1.165) is 13.0 Å². The number of nitrogens with two attached hydrogens (primary N) is 1. The fourth-order valence-corrected chi connectivity index (χ4v) is 1.72. The molecule has 16 heavy (non-hydrogen) atoms. The van der Waals surface area contributed by atoms with Crippen molar-refractivity contribution in [2.45, 2.75) is 33.1 Å². The molecular weight excluding hydrogens is 206 g/mol. The summed E-state index contributed by atoms with van der Waals surface area (Å²) < 4.78 is 0. The summed E-state index contributed by atoms with van der Waals surface area (Å²) in [5.41, 5.74) is 4.85. The first kappa shape index (κ1) is 12.8. The highest BCUT2D eigenvalue weighted by atomic mass is 16.4. The van der Waals surface area contributed by atoms with E-state index in [1.54, 1.807) is 11.9 Å². The van der Waals surface area contributed by atoms with E-state index in [-0.39, 0.29) is 11.7 Å². The van der Waals surface area contributed by atoms with Crippen LogP contribution < -0.4 is 5.73 Å². The van der Waals surface area contributed by atoms with Crippen molar-refractivity contribution in [2.75, 3.05) is 13.6 Å². The highest BCUT2D eigenvalue weighted by Crippen LogP contribution is 2.47. The molecule has 1 aliphatic rings. The van der Waals surface area contributed by atoms with Crippen molar-refractivity contribution in [2.24, 2.45) is 22.2 Å². The summed E-state index contributed by atoms with van der Waals surface area (Å²) >= 11 is 0. The first-order valence-electron chi connectivity index (χ1n) is 5.67. The van der Waals surface area contributed by atoms with Gasteiger partial charge in [-0.15, -0.1) is 0 Å². The van der Waals surface area contributed by atoms with Crippen LogP contribution in [0.25, 0.3) is 0 Å². The molecule has 92 valence electrons. The van der Waals surface area contributed by atoms with Crippen molar-refractivity contribution in [3.05, 3.63) is 0 Å². The largest absolute Gasteiger partial charge is 0.409 e. The Morgan fingerprint density at radius 1 is 1.56 bits per heavy atom. The Labute approximate surface area is 96.3 Å². The fraction of sp³-hybridized carbons (Fsp3) is 0.818. The highest BCUT2D eigenvalue weighted by molar-refractivity contribution is 6.09. The maximum atomic E-state index is 12.1. The quantitative estimate of drug-likeness (QED) is 0.318. The number of oxime groups is 1. The average Bonchev–Trinajstić information content (AvgIpc) is 3.04. The van der Waals surface area contributed by atoms with Crippen LogP contribution in [0.1, 0.15) is 33.1 Å². The van der Waals surface area contributed by atoms with Gasteiger partial charge >= 0.3 is 0 Å². The van der Waals surface area contributed by atoms with Gasteiger partial charge in [-0.1, -0.05) is 19.0 Å². The summed E-state index contributed by atoms with van der Waals surface area (Å²) in [6, 6.07) is 0. The van der Waals surface area contributed by atoms with Crippen LogP contribution in [0.15, 0.2) is 5.16 Å². The molecule has 1 aliphatic carbocycles. The average molecular weight is 227 g/mol. The second kappa shape index (κ2) is 4.72. The molecule has 0 unspecified atom stereocenters. The van der Waals surface area contributed by atoms with Crippen LogP contribution in [0.4, 0.5) is 0 Å². The summed E-state index contributed by atoms with van der Waals surface area (Å²) in [4.78, 5) is 13.8. The van der Waals surface area contributed by atoms with E-state index < -0.39 is 5.41 Å². The second-order valence-corrected chi connectivity index (χ2v) is 4.98. The predicted molar refractivity (Wildman–Crippen MR) is 62.2 cm³/mol. The van der Waals surface area contributed by atoms with Gasteiger partial charge in [-0.3, -0.25) is 4.79 Å². The van der Waals surface area contributed by atoms with E-state index in [4.69, 9.17) is 10.9 Å². The minimum atomic E-state index is -0.708. The molecule has 5 nitrogen and oxygen atoms in total. The van der Waals surface area contributed by atoms with Crippen molar-refractivity contribution in [3.63, 3.8) is 0 Å². The summed E-state index contributed by atoms with van der Waals surface area (Å²) in [7, 11) is 1.77. The SMILES string of the molecule is CC(C)CCN(C)C(=O)C1(C(N)=NO)CC1. The molecular formula is C11H21N3O2. The van der Waals surface area contributed by atoms with E-state index >= 15 is 0 Å². The molecule has 0 aromatic carbocycles. The third-order valence-electron chi connectivity index (χ3n) is 3.15. The first-order chi connectivity index (χ1) is 7.44. The molecule has 3 N–H and O–H groups in total. The summed E-state index contributed by atoms with van der Waals surface area (Å²) in [6.07, 6.45) is 2.34. The van der Waals surface area contributed by atoms with Crippen LogP contribution in [0.5, 0.6) is 0 Å². The van der Waals surface area contributed by atoms with Crippen LogP contribution >= 0.6 is 0 Å². The van der Waals surface area contributed by atoms with E-state index in [2.05, 4.69) is 19.0 Å². The molecule has 0 bridgehead atoms. The van der Waals surface area contributed by atoms with Gasteiger partial charge in [0.2, 0.25) is 5.91 Å². The summed E-state index contributed by atoms with van der Waals surface area (Å²) in [5, 5.41) is 11.6. The smallest absolute Gasteiger partial charge is 0.236 e. The Morgan fingerprint density at radius 2 is 2.12 bits per heavy atom. The molecule has 1 fully saturated rings. The number of carbonyl (C=O) groups excluding carboxylic acids is 1. The van der Waals surface area contributed by atoms with Gasteiger partial charge in [0.15, 0.2) is 5.84 Å². The number of hydrogen-bond acceptors (Lipinski definition) is 3. The highest BCUT2D eigenvalue weighted by Gasteiger charge is 2.55. The van der Waals surface area contributed by atoms with Crippen LogP contribution in [0.3, 0.4) is 0 Å². The van der Waals surface area contributed by atoms with Gasteiger partial charge in [-0.25, -0.2) is 0 Å². The monoisotopic (exact) mass is 227 g/mol. The van der Waals surface area contributed by atoms with Gasteiger partial charge in [0, 0.05) is 13.6 Å². The predicted octanol–water partition coefficient (Wildman–Crippen LogP) is 1.02. The molecule has 0 saturated heterocycles. The van der Waals surface area contributed by atoms with Crippen LogP contribution in [0, 0.1) is 11.3 Å². The molecule has 0 atom stereocenters. The Balaban J connectivity index is 2.58. The topological polar surface area (TPSA) is 78.9 Å². The molecule has 0 heterocycles. The van der Waals surface area contributed by atoms with Gasteiger partial charge in [0.05, 0.1) is 0 Å². The molecule has 0 radical (unpaired) electrons. The lowest BCUT2D eigenvalue weighted by Gasteiger charge is -2.23. The summed E-state index contributed by atoms with van der Waals surface area (Å²) in [6.45, 7) is 4.96. The maximum Gasteiger partial charge on any atom is 0.236 e. The van der Waals surface area contributed by atoms with Gasteiger partial charge in [0.25, 0.3) is 0 Å². The van der Waals surface area contributed by atoms with Crippen LogP contribution in [0.2, 0.25) is 0 Å². The standard InChI is InChI=1S/C11H21N3O2/c1-8(2)4-7-14(3)10(15)11(5-6-11)9(12)13-16/h8,16H,4-7H2,1-3H3,(H2,12,13). The fourth-order valence-electron chi connectivity index (χ4n) is 1.72. The van der Waals surface area contributed by atoms with Crippen LogP contribution in [-0.4, -0.2) is 35.4 Å². The molecule has 1 amide bonds. The maximum absolute atomic E-state index is 12.1. The summed E-state index contributed by atoms with van der Waals surface area (Å²) in [5.74, 6) is 0.589. The molecule has 0 aliphatic heterocycles. The van der Waals surface area contributed by atoms with E-state index in [1.807, 2.05) is 0 Å². The molecule has 5 heteroatoms. The first-order valence-corrected chi connectivity index (χ1v) is 5.67. The van der Waals surface area contributed by atoms with Gasteiger partial charge < -0.3 is 15.8 Å². The third-order valence-corrected chi connectivity index (χ3v) is 3.15. The molecule has 1 saturated carbocycles. The van der Waals surface area contributed by atoms with Crippen molar-refractivity contribution < 1.29 is 10.0 Å². The number of nitrogens with zero attached hydrogens (tertiary/aromatic N) is 2. The number of hydrogen-bond donors (Lipinski definition) is 2. The Morgan fingerprint density at radius 3 is 2.50 bits per heavy atom. The zero-order valence-corrected chi connectivity index (χ0v) is 10.2. The molecule has 0 aromatic heterocycles. The lowest BCUT2D eigenvalue weighted by molar-refractivity contribution is -0.133. The van der Waals surface area contributed by atoms with Crippen molar-refractivity contribution in [3.8, 4) is 0 Å². The van der Waals surface area contributed by atoms with Crippen molar-refractivity contribution in [1.29, 1.82) is 0 Å². The normalized spacial score (nSPS) is 18.6. The minimum Gasteiger partial charge on any atom is -0.409 e. The Kier molecular flexibility index (Phi) is 3.78. The van der Waals surface area contributed by atoms with E-state index in [0.29, 0.717) is 18.8 Å². The minimum absolute atomic E-state index is 0.0246. The van der Waals surface area contributed by atoms with Crippen molar-refractivity contribution in [1.82, 2.24) is 4.90 Å². The van der Waals surface area contributed by atoms with Gasteiger partial charge in [-0.05, 0) is 25.2 Å². The third kappa shape index (κ3) is 2.46. The molecule has 0 aromatic rings. The van der Waals surface area contributed by atoms with E-state index in [1.165, 1.54) is 0 Å².